The molecule has 0 aliphatic carbocycles. The Bertz CT molecular complexity index is 378. The maximum absolute atomic E-state index is 6.04. The van der Waals surface area contributed by atoms with Gasteiger partial charge in [-0.15, -0.1) is 0 Å². The highest BCUT2D eigenvalue weighted by Crippen LogP contribution is 2.30. The third-order valence-corrected chi connectivity index (χ3v) is 4.05. The Balaban J connectivity index is 2.18. The molecule has 1 aromatic rings. The summed E-state index contributed by atoms with van der Waals surface area (Å²) in [4.78, 5) is 2.43. The molecule has 3 heteroatoms. The predicted octanol–water partition coefficient (Wildman–Crippen LogP) is 2.93. The molecule has 2 N–H and O–H groups in total. The summed E-state index contributed by atoms with van der Waals surface area (Å²) in [7, 11) is 0. The Labute approximate surface area is 106 Å². The van der Waals surface area contributed by atoms with E-state index in [9.17, 15) is 0 Å². The summed E-state index contributed by atoms with van der Waals surface area (Å²) in [6.07, 6.45) is 1.08. The average Bonchev–Trinajstić information content (AvgIpc) is 2.22. The lowest BCUT2D eigenvalue weighted by atomic mass is 9.94. The molecule has 16 heavy (non-hydrogen) atoms. The van der Waals surface area contributed by atoms with E-state index in [0.29, 0.717) is 12.0 Å². The number of piperidine rings is 1. The van der Waals surface area contributed by atoms with Gasteiger partial charge in [-0.2, -0.15) is 0 Å². The van der Waals surface area contributed by atoms with Gasteiger partial charge >= 0.3 is 0 Å². The van der Waals surface area contributed by atoms with Gasteiger partial charge in [0.15, 0.2) is 0 Å². The van der Waals surface area contributed by atoms with Crippen LogP contribution in [0.15, 0.2) is 22.7 Å². The van der Waals surface area contributed by atoms with Gasteiger partial charge in [0.05, 0.1) is 5.69 Å². The number of hydrogen-bond donors (Lipinski definition) is 1. The summed E-state index contributed by atoms with van der Waals surface area (Å²) >= 11 is 3.64. The van der Waals surface area contributed by atoms with Crippen molar-refractivity contribution in [1.82, 2.24) is 0 Å². The summed E-state index contributed by atoms with van der Waals surface area (Å²) in [6.45, 7) is 6.47. The molecular formula is C13H19BrN2. The molecule has 2 unspecified atom stereocenters. The fourth-order valence-electron chi connectivity index (χ4n) is 2.25. The number of nitrogens with zero attached hydrogens (tertiary/aromatic N) is 1. The van der Waals surface area contributed by atoms with Gasteiger partial charge in [-0.3, -0.25) is 0 Å². The lowest BCUT2D eigenvalue weighted by molar-refractivity contribution is 0.382. The van der Waals surface area contributed by atoms with Crippen LogP contribution in [0.25, 0.3) is 0 Å². The summed E-state index contributed by atoms with van der Waals surface area (Å²) < 4.78 is 1.19. The quantitative estimate of drug-likeness (QED) is 0.858. The third kappa shape index (κ3) is 2.41. The summed E-state index contributed by atoms with van der Waals surface area (Å²) in [5.74, 6) is 0.571. The van der Waals surface area contributed by atoms with Gasteiger partial charge < -0.3 is 10.6 Å². The zero-order valence-corrected chi connectivity index (χ0v) is 11.5. The van der Waals surface area contributed by atoms with E-state index in [0.717, 1.165) is 19.5 Å². The second kappa shape index (κ2) is 4.76. The topological polar surface area (TPSA) is 29.3 Å². The molecule has 2 atom stereocenters. The van der Waals surface area contributed by atoms with E-state index in [1.807, 2.05) is 0 Å². The van der Waals surface area contributed by atoms with Gasteiger partial charge in [0.2, 0.25) is 0 Å². The Morgan fingerprint density at radius 1 is 1.44 bits per heavy atom. The number of halogens is 1. The van der Waals surface area contributed by atoms with Crippen molar-refractivity contribution in [3.63, 3.8) is 0 Å². The molecule has 2 nitrogen and oxygen atoms in total. The fraction of sp³-hybridized carbons (Fsp3) is 0.538. The molecule has 1 aliphatic rings. The van der Waals surface area contributed by atoms with Crippen LogP contribution in [0.1, 0.15) is 18.9 Å². The molecule has 2 rings (SSSR count). The van der Waals surface area contributed by atoms with E-state index >= 15 is 0 Å². The van der Waals surface area contributed by atoms with Crippen LogP contribution in [0.3, 0.4) is 0 Å². The molecule has 1 fully saturated rings. The highest BCUT2D eigenvalue weighted by molar-refractivity contribution is 9.10. The van der Waals surface area contributed by atoms with E-state index in [2.05, 4.69) is 52.9 Å². The molecule has 1 aromatic carbocycles. The minimum atomic E-state index is 0.362. The normalized spacial score (nSPS) is 25.9. The van der Waals surface area contributed by atoms with Crippen LogP contribution in [-0.2, 0) is 0 Å². The van der Waals surface area contributed by atoms with E-state index in [1.54, 1.807) is 0 Å². The number of nitrogens with two attached hydrogens (primary N) is 1. The van der Waals surface area contributed by atoms with Crippen LogP contribution in [-0.4, -0.2) is 19.1 Å². The van der Waals surface area contributed by atoms with Crippen LogP contribution in [0.2, 0.25) is 0 Å². The molecule has 0 amide bonds. The lowest BCUT2D eigenvalue weighted by Crippen LogP contribution is -2.46. The average molecular weight is 283 g/mol. The van der Waals surface area contributed by atoms with Crippen LogP contribution in [0, 0.1) is 12.8 Å². The molecule has 0 aromatic heterocycles. The summed E-state index contributed by atoms with van der Waals surface area (Å²) in [6, 6.07) is 6.90. The second-order valence-corrected chi connectivity index (χ2v) is 5.69. The summed E-state index contributed by atoms with van der Waals surface area (Å²) in [5, 5.41) is 0. The molecule has 88 valence electrons. The molecule has 0 spiro atoms. The highest BCUT2D eigenvalue weighted by atomic mass is 79.9. The standard InChI is InChI=1S/C13H19BrN2/c1-9-3-4-13(11(14)7-9)16-6-5-12(15)10(2)8-16/h3-4,7,10,12H,5-6,8,15H2,1-2H3. The van der Waals surface area contributed by atoms with E-state index in [4.69, 9.17) is 5.73 Å². The van der Waals surface area contributed by atoms with Crippen molar-refractivity contribution >= 4 is 21.6 Å². The number of hydrogen-bond acceptors (Lipinski definition) is 2. The van der Waals surface area contributed by atoms with Gasteiger partial charge in [0.1, 0.15) is 0 Å². The smallest absolute Gasteiger partial charge is 0.0510 e. The van der Waals surface area contributed by atoms with Crippen LogP contribution >= 0.6 is 15.9 Å². The molecule has 1 saturated heterocycles. The Kier molecular flexibility index (Phi) is 3.55. The first kappa shape index (κ1) is 11.9. The Morgan fingerprint density at radius 2 is 2.19 bits per heavy atom. The van der Waals surface area contributed by atoms with Crippen molar-refractivity contribution in [2.24, 2.45) is 11.7 Å². The minimum Gasteiger partial charge on any atom is -0.370 e. The van der Waals surface area contributed by atoms with Crippen molar-refractivity contribution in [2.75, 3.05) is 18.0 Å². The lowest BCUT2D eigenvalue weighted by Gasteiger charge is -2.37. The molecular weight excluding hydrogens is 264 g/mol. The molecule has 1 heterocycles. The zero-order valence-electron chi connectivity index (χ0n) is 9.91. The Morgan fingerprint density at radius 3 is 2.81 bits per heavy atom. The minimum absolute atomic E-state index is 0.362. The maximum atomic E-state index is 6.04. The summed E-state index contributed by atoms with van der Waals surface area (Å²) in [5.41, 5.74) is 8.63. The van der Waals surface area contributed by atoms with Crippen molar-refractivity contribution in [2.45, 2.75) is 26.3 Å². The van der Waals surface area contributed by atoms with Gasteiger partial charge in [-0.05, 0) is 52.9 Å². The first-order valence-corrected chi connectivity index (χ1v) is 6.64. The maximum Gasteiger partial charge on any atom is 0.0510 e. The molecule has 0 saturated carbocycles. The van der Waals surface area contributed by atoms with Gasteiger partial charge in [0, 0.05) is 23.6 Å². The number of anilines is 1. The number of benzene rings is 1. The van der Waals surface area contributed by atoms with E-state index < -0.39 is 0 Å². The van der Waals surface area contributed by atoms with Crippen LogP contribution < -0.4 is 10.6 Å². The largest absolute Gasteiger partial charge is 0.370 e. The van der Waals surface area contributed by atoms with Gasteiger partial charge in [-0.1, -0.05) is 13.0 Å². The van der Waals surface area contributed by atoms with Crippen molar-refractivity contribution in [3.05, 3.63) is 28.2 Å². The number of rotatable bonds is 1. The van der Waals surface area contributed by atoms with E-state index in [1.165, 1.54) is 15.7 Å². The highest BCUT2D eigenvalue weighted by Gasteiger charge is 2.24. The Hall–Kier alpha value is -0.540. The molecule has 0 bridgehead atoms. The van der Waals surface area contributed by atoms with Crippen LogP contribution in [0.5, 0.6) is 0 Å². The monoisotopic (exact) mass is 282 g/mol. The SMILES string of the molecule is Cc1ccc(N2CCC(N)C(C)C2)c(Br)c1. The number of aryl methyl sites for hydroxylation is 1. The van der Waals surface area contributed by atoms with Crippen molar-refractivity contribution in [1.29, 1.82) is 0 Å². The first-order valence-electron chi connectivity index (χ1n) is 5.84. The van der Waals surface area contributed by atoms with Crippen molar-refractivity contribution in [3.8, 4) is 0 Å². The predicted molar refractivity (Wildman–Crippen MR) is 72.8 cm³/mol. The molecule has 1 aliphatic heterocycles. The second-order valence-electron chi connectivity index (χ2n) is 4.83. The van der Waals surface area contributed by atoms with Crippen LogP contribution in [0.4, 0.5) is 5.69 Å². The fourth-order valence-corrected chi connectivity index (χ4v) is 2.99. The zero-order chi connectivity index (χ0) is 11.7. The third-order valence-electron chi connectivity index (χ3n) is 3.42. The van der Waals surface area contributed by atoms with Gasteiger partial charge in [0.25, 0.3) is 0 Å². The van der Waals surface area contributed by atoms with Gasteiger partial charge in [-0.25, -0.2) is 0 Å². The van der Waals surface area contributed by atoms with E-state index in [-0.39, 0.29) is 0 Å². The van der Waals surface area contributed by atoms with Crippen molar-refractivity contribution < 1.29 is 0 Å². The molecule has 0 radical (unpaired) electrons. The first-order chi connectivity index (χ1) is 7.58.